The summed E-state index contributed by atoms with van der Waals surface area (Å²) < 4.78 is 2.25. The van der Waals surface area contributed by atoms with E-state index in [1.165, 1.54) is 17.3 Å². The fourth-order valence-corrected chi connectivity index (χ4v) is 2.66. The minimum absolute atomic E-state index is 0.0487. The van der Waals surface area contributed by atoms with Gasteiger partial charge in [-0.1, -0.05) is 41.1 Å². The zero-order valence-electron chi connectivity index (χ0n) is 9.93. The van der Waals surface area contributed by atoms with E-state index in [4.69, 9.17) is 0 Å². The number of benzene rings is 1. The first kappa shape index (κ1) is 15.2. The van der Waals surface area contributed by atoms with Crippen LogP contribution in [0.15, 0.2) is 18.2 Å². The second kappa shape index (κ2) is 8.29. The molecule has 0 saturated carbocycles. The third-order valence-electron chi connectivity index (χ3n) is 2.53. The molecule has 0 bridgehead atoms. The van der Waals surface area contributed by atoms with Gasteiger partial charge in [0.1, 0.15) is 0 Å². The summed E-state index contributed by atoms with van der Waals surface area (Å²) >= 11 is 4.61. The first-order valence-electron chi connectivity index (χ1n) is 5.76. The Morgan fingerprint density at radius 2 is 2.06 bits per heavy atom. The van der Waals surface area contributed by atoms with Gasteiger partial charge in [0.25, 0.3) is 5.91 Å². The van der Waals surface area contributed by atoms with Crippen molar-refractivity contribution in [2.24, 2.45) is 0 Å². The highest BCUT2D eigenvalue weighted by atomic mass is 127. The molecule has 0 unspecified atom stereocenters. The summed E-state index contributed by atoms with van der Waals surface area (Å²) in [5.74, 6) is 0.0487. The van der Waals surface area contributed by atoms with Crippen molar-refractivity contribution in [2.75, 3.05) is 11.0 Å². The van der Waals surface area contributed by atoms with Crippen molar-refractivity contribution in [1.29, 1.82) is 0 Å². The molecule has 0 radical (unpaired) electrons. The van der Waals surface area contributed by atoms with Crippen LogP contribution in [-0.4, -0.2) is 16.9 Å². The fraction of sp³-hybridized carbons (Fsp3) is 0.462. The van der Waals surface area contributed by atoms with E-state index in [-0.39, 0.29) is 5.91 Å². The van der Waals surface area contributed by atoms with Crippen LogP contribution in [0.5, 0.6) is 0 Å². The maximum Gasteiger partial charge on any atom is 0.252 e. The standard InChI is InChI=1S/C13H17I2NO/c1-10-6-5-7-11(12(10)15)13(17)16-9-4-2-3-8-14/h5-7H,2-4,8-9H2,1H3,(H,16,17). The normalized spacial score (nSPS) is 10.3. The summed E-state index contributed by atoms with van der Waals surface area (Å²) in [4.78, 5) is 11.9. The number of amides is 1. The second-order valence-corrected chi connectivity index (χ2v) is 6.10. The van der Waals surface area contributed by atoms with Crippen LogP contribution in [0.3, 0.4) is 0 Å². The number of nitrogens with one attached hydrogen (secondary N) is 1. The quantitative estimate of drug-likeness (QED) is 0.392. The third kappa shape index (κ3) is 5.11. The Bertz CT molecular complexity index is 380. The van der Waals surface area contributed by atoms with E-state index >= 15 is 0 Å². The van der Waals surface area contributed by atoms with Gasteiger partial charge in [-0.05, 0) is 58.4 Å². The van der Waals surface area contributed by atoms with Gasteiger partial charge in [0.15, 0.2) is 0 Å². The monoisotopic (exact) mass is 457 g/mol. The number of carbonyl (C=O) groups excluding carboxylic acids is 1. The summed E-state index contributed by atoms with van der Waals surface area (Å²) in [7, 11) is 0. The van der Waals surface area contributed by atoms with Gasteiger partial charge in [-0.3, -0.25) is 4.79 Å². The van der Waals surface area contributed by atoms with Crippen LogP contribution >= 0.6 is 45.2 Å². The minimum Gasteiger partial charge on any atom is -0.352 e. The summed E-state index contributed by atoms with van der Waals surface area (Å²) in [5.41, 5.74) is 1.95. The lowest BCUT2D eigenvalue weighted by Gasteiger charge is -2.08. The Balaban J connectivity index is 2.44. The smallest absolute Gasteiger partial charge is 0.252 e. The molecule has 0 aliphatic carbocycles. The van der Waals surface area contributed by atoms with E-state index in [0.29, 0.717) is 0 Å². The molecule has 1 aromatic carbocycles. The van der Waals surface area contributed by atoms with Gasteiger partial charge in [0, 0.05) is 10.1 Å². The van der Waals surface area contributed by atoms with E-state index in [1.807, 2.05) is 25.1 Å². The van der Waals surface area contributed by atoms with Gasteiger partial charge in [0.2, 0.25) is 0 Å². The topological polar surface area (TPSA) is 29.1 Å². The van der Waals surface area contributed by atoms with Gasteiger partial charge >= 0.3 is 0 Å². The third-order valence-corrected chi connectivity index (χ3v) is 4.73. The van der Waals surface area contributed by atoms with Crippen LogP contribution in [0.25, 0.3) is 0 Å². The summed E-state index contributed by atoms with van der Waals surface area (Å²) in [6, 6.07) is 5.84. The Hall–Kier alpha value is 0.150. The van der Waals surface area contributed by atoms with Crippen molar-refractivity contribution >= 4 is 51.1 Å². The van der Waals surface area contributed by atoms with E-state index in [0.717, 1.165) is 27.7 Å². The van der Waals surface area contributed by atoms with Crippen LogP contribution < -0.4 is 5.32 Å². The van der Waals surface area contributed by atoms with Crippen LogP contribution in [0.1, 0.15) is 35.2 Å². The lowest BCUT2D eigenvalue weighted by molar-refractivity contribution is 0.0952. The number of aryl methyl sites for hydroxylation is 1. The maximum absolute atomic E-state index is 11.9. The summed E-state index contributed by atoms with van der Waals surface area (Å²) in [5, 5.41) is 2.98. The molecule has 0 atom stereocenters. The number of halogens is 2. The molecule has 17 heavy (non-hydrogen) atoms. The number of rotatable bonds is 6. The van der Waals surface area contributed by atoms with E-state index in [1.54, 1.807) is 0 Å². The molecule has 1 rings (SSSR count). The van der Waals surface area contributed by atoms with E-state index in [2.05, 4.69) is 50.5 Å². The zero-order valence-corrected chi connectivity index (χ0v) is 14.2. The molecule has 0 saturated heterocycles. The van der Waals surface area contributed by atoms with Gasteiger partial charge < -0.3 is 5.32 Å². The number of unbranched alkanes of at least 4 members (excludes halogenated alkanes) is 2. The highest BCUT2D eigenvalue weighted by Crippen LogP contribution is 2.16. The number of carbonyl (C=O) groups is 1. The number of hydrogen-bond donors (Lipinski definition) is 1. The molecule has 0 aliphatic rings. The fourth-order valence-electron chi connectivity index (χ4n) is 1.52. The molecule has 1 amide bonds. The molecule has 1 aromatic rings. The largest absolute Gasteiger partial charge is 0.352 e. The molecular formula is C13H17I2NO. The van der Waals surface area contributed by atoms with Crippen LogP contribution in [-0.2, 0) is 0 Å². The second-order valence-electron chi connectivity index (χ2n) is 3.94. The maximum atomic E-state index is 11.9. The van der Waals surface area contributed by atoms with E-state index < -0.39 is 0 Å². The van der Waals surface area contributed by atoms with Crippen LogP contribution in [0, 0.1) is 10.5 Å². The van der Waals surface area contributed by atoms with Crippen molar-refractivity contribution in [1.82, 2.24) is 5.32 Å². The van der Waals surface area contributed by atoms with Crippen LogP contribution in [0.4, 0.5) is 0 Å². The van der Waals surface area contributed by atoms with Gasteiger partial charge in [0.05, 0.1) is 5.56 Å². The number of hydrogen-bond acceptors (Lipinski definition) is 1. The Kier molecular flexibility index (Phi) is 7.41. The van der Waals surface area contributed by atoms with Crippen molar-refractivity contribution in [3.05, 3.63) is 32.9 Å². The lowest BCUT2D eigenvalue weighted by atomic mass is 10.1. The highest BCUT2D eigenvalue weighted by Gasteiger charge is 2.09. The molecule has 1 N–H and O–H groups in total. The highest BCUT2D eigenvalue weighted by molar-refractivity contribution is 14.1. The summed E-state index contributed by atoms with van der Waals surface area (Å²) in [6.45, 7) is 2.80. The molecule has 0 aromatic heterocycles. The Morgan fingerprint density at radius 3 is 2.76 bits per heavy atom. The molecule has 94 valence electrons. The Labute approximate surface area is 130 Å². The van der Waals surface area contributed by atoms with Crippen molar-refractivity contribution in [3.8, 4) is 0 Å². The minimum atomic E-state index is 0.0487. The average Bonchev–Trinajstić information content (AvgIpc) is 2.32. The number of alkyl halides is 1. The van der Waals surface area contributed by atoms with Gasteiger partial charge in [-0.25, -0.2) is 0 Å². The predicted octanol–water partition coefficient (Wildman–Crippen LogP) is 3.93. The van der Waals surface area contributed by atoms with Gasteiger partial charge in [-0.15, -0.1) is 0 Å². The van der Waals surface area contributed by atoms with Crippen molar-refractivity contribution < 1.29 is 4.79 Å². The van der Waals surface area contributed by atoms with Crippen molar-refractivity contribution in [2.45, 2.75) is 26.2 Å². The average molecular weight is 457 g/mol. The molecule has 0 aliphatic heterocycles. The van der Waals surface area contributed by atoms with Gasteiger partial charge in [-0.2, -0.15) is 0 Å². The van der Waals surface area contributed by atoms with Crippen molar-refractivity contribution in [3.63, 3.8) is 0 Å². The van der Waals surface area contributed by atoms with Crippen LogP contribution in [0.2, 0.25) is 0 Å². The Morgan fingerprint density at radius 1 is 1.29 bits per heavy atom. The lowest BCUT2D eigenvalue weighted by Crippen LogP contribution is -2.25. The first-order valence-corrected chi connectivity index (χ1v) is 8.36. The van der Waals surface area contributed by atoms with E-state index in [9.17, 15) is 4.79 Å². The molecule has 4 heteroatoms. The molecule has 0 heterocycles. The summed E-state index contributed by atoms with van der Waals surface area (Å²) in [6.07, 6.45) is 3.49. The molecule has 0 fully saturated rings. The zero-order chi connectivity index (χ0) is 12.7. The SMILES string of the molecule is Cc1cccc(C(=O)NCCCCCI)c1I. The molecule has 0 spiro atoms. The first-order chi connectivity index (χ1) is 8.16. The predicted molar refractivity (Wildman–Crippen MR) is 89.0 cm³/mol. The molecule has 2 nitrogen and oxygen atoms in total. The molecular weight excluding hydrogens is 440 g/mol.